The Labute approximate surface area is 214 Å². The third kappa shape index (κ3) is 3.78. The molecule has 7 aromatic rings. The van der Waals surface area contributed by atoms with Gasteiger partial charge < -0.3 is 4.42 Å². The topological polar surface area (TPSA) is 38.9 Å². The number of hydrogen-bond acceptors (Lipinski definition) is 3. The molecule has 7 rings (SSSR count). The summed E-state index contributed by atoms with van der Waals surface area (Å²) in [5.41, 5.74) is 9.62. The molecule has 0 N–H and O–H groups in total. The van der Waals surface area contributed by atoms with Gasteiger partial charge in [-0.15, -0.1) is 0 Å². The molecule has 0 amide bonds. The molecule has 2 aromatic heterocycles. The molecule has 0 unspecified atom stereocenters. The lowest BCUT2D eigenvalue weighted by molar-refractivity contribution is 0.667. The van der Waals surface area contributed by atoms with Crippen LogP contribution in [0.3, 0.4) is 0 Å². The van der Waals surface area contributed by atoms with Gasteiger partial charge in [-0.1, -0.05) is 115 Å². The highest BCUT2D eigenvalue weighted by Gasteiger charge is 2.19. The summed E-state index contributed by atoms with van der Waals surface area (Å²) in [4.78, 5) is 10.2. The molecule has 5 aromatic carbocycles. The van der Waals surface area contributed by atoms with Crippen molar-refractivity contribution in [2.45, 2.75) is 0 Å². The largest absolute Gasteiger partial charge is 0.452 e. The van der Waals surface area contributed by atoms with E-state index in [0.29, 0.717) is 11.4 Å². The zero-order valence-electron chi connectivity index (χ0n) is 20.0. The highest BCUT2D eigenvalue weighted by Crippen LogP contribution is 2.38. The van der Waals surface area contributed by atoms with Crippen molar-refractivity contribution in [2.75, 3.05) is 0 Å². The predicted octanol–water partition coefficient (Wildman–Crippen LogP) is 9.04. The molecule has 0 saturated carbocycles. The van der Waals surface area contributed by atoms with Crippen LogP contribution >= 0.6 is 0 Å². The van der Waals surface area contributed by atoms with Crippen molar-refractivity contribution in [3.05, 3.63) is 133 Å². The zero-order valence-corrected chi connectivity index (χ0v) is 20.0. The van der Waals surface area contributed by atoms with Crippen molar-refractivity contribution in [3.63, 3.8) is 0 Å². The average Bonchev–Trinajstić information content (AvgIpc) is 3.36. The molecule has 0 atom stereocenters. The lowest BCUT2D eigenvalue weighted by Gasteiger charge is -2.11. The van der Waals surface area contributed by atoms with Gasteiger partial charge in [-0.05, 0) is 40.5 Å². The Morgan fingerprint density at radius 3 is 1.89 bits per heavy atom. The van der Waals surface area contributed by atoms with Crippen molar-refractivity contribution in [3.8, 4) is 44.9 Å². The zero-order chi connectivity index (χ0) is 24.6. The summed E-state index contributed by atoms with van der Waals surface area (Å²) in [6.07, 6.45) is 0. The van der Waals surface area contributed by atoms with Crippen LogP contribution in [-0.4, -0.2) is 9.97 Å². The Hall–Kier alpha value is -5.02. The van der Waals surface area contributed by atoms with E-state index in [4.69, 9.17) is 14.4 Å². The highest BCUT2D eigenvalue weighted by molar-refractivity contribution is 6.07. The summed E-state index contributed by atoms with van der Waals surface area (Å²) in [7, 11) is 0. The van der Waals surface area contributed by atoms with Crippen LogP contribution in [0.15, 0.2) is 138 Å². The second-order valence-electron chi connectivity index (χ2n) is 9.03. The fraction of sp³-hybridized carbons (Fsp3) is 0. The Morgan fingerprint density at radius 1 is 0.459 bits per heavy atom. The van der Waals surface area contributed by atoms with Gasteiger partial charge in [-0.25, -0.2) is 9.97 Å². The highest BCUT2D eigenvalue weighted by atomic mass is 16.3. The van der Waals surface area contributed by atoms with Crippen LogP contribution in [-0.2, 0) is 0 Å². The van der Waals surface area contributed by atoms with E-state index in [9.17, 15) is 0 Å². The lowest BCUT2D eigenvalue weighted by atomic mass is 9.98. The molecule has 0 aliphatic heterocycles. The van der Waals surface area contributed by atoms with Crippen LogP contribution in [0.5, 0.6) is 0 Å². The van der Waals surface area contributed by atoms with Gasteiger partial charge in [0.1, 0.15) is 16.8 Å². The van der Waals surface area contributed by atoms with Gasteiger partial charge in [0.15, 0.2) is 11.4 Å². The van der Waals surface area contributed by atoms with Crippen molar-refractivity contribution >= 4 is 22.1 Å². The SMILES string of the molecule is c1ccc(-c2cccc(-c3nc(-c4ccccc4-c4ccccc4)nc4c3oc3ccccc34)c2)cc1. The number of benzene rings is 5. The Balaban J connectivity index is 1.51. The van der Waals surface area contributed by atoms with E-state index in [-0.39, 0.29) is 0 Å². The maximum absolute atomic E-state index is 6.36. The standard InChI is InChI=1S/C34H22N2O/c1-3-12-23(13-4-1)25-16-11-17-26(22-25)31-33-32(29-20-9-10-21-30(29)37-33)36-34(35-31)28-19-8-7-18-27(28)24-14-5-2-6-15-24/h1-22H. The Kier molecular flexibility index (Phi) is 5.11. The molecular formula is C34H22N2O. The maximum Gasteiger partial charge on any atom is 0.180 e. The first-order valence-corrected chi connectivity index (χ1v) is 12.4. The fourth-order valence-electron chi connectivity index (χ4n) is 4.93. The summed E-state index contributed by atoms with van der Waals surface area (Å²) in [5.74, 6) is 0.679. The van der Waals surface area contributed by atoms with Crippen molar-refractivity contribution in [1.29, 1.82) is 0 Å². The fourth-order valence-corrected chi connectivity index (χ4v) is 4.93. The second-order valence-corrected chi connectivity index (χ2v) is 9.03. The molecule has 174 valence electrons. The minimum atomic E-state index is 0.679. The van der Waals surface area contributed by atoms with Gasteiger partial charge in [0, 0.05) is 16.5 Å². The number of hydrogen-bond donors (Lipinski definition) is 0. The number of aromatic nitrogens is 2. The molecular weight excluding hydrogens is 452 g/mol. The van der Waals surface area contributed by atoms with Gasteiger partial charge in [0.2, 0.25) is 0 Å². The second kappa shape index (κ2) is 8.89. The molecule has 3 nitrogen and oxygen atoms in total. The first kappa shape index (κ1) is 21.3. The maximum atomic E-state index is 6.36. The number of para-hydroxylation sites is 1. The van der Waals surface area contributed by atoms with Gasteiger partial charge in [0.25, 0.3) is 0 Å². The lowest BCUT2D eigenvalue weighted by Crippen LogP contribution is -1.96. The summed E-state index contributed by atoms with van der Waals surface area (Å²) < 4.78 is 6.36. The molecule has 0 aliphatic rings. The van der Waals surface area contributed by atoms with Crippen LogP contribution in [0, 0.1) is 0 Å². The van der Waals surface area contributed by atoms with Crippen LogP contribution < -0.4 is 0 Å². The normalized spacial score (nSPS) is 11.2. The third-order valence-electron chi connectivity index (χ3n) is 6.72. The summed E-state index contributed by atoms with van der Waals surface area (Å²) in [5, 5.41) is 0.985. The average molecular weight is 475 g/mol. The Bertz CT molecular complexity index is 1870. The quantitative estimate of drug-likeness (QED) is 0.255. The number of fused-ring (bicyclic) bond motifs is 3. The van der Waals surface area contributed by atoms with E-state index in [2.05, 4.69) is 97.1 Å². The van der Waals surface area contributed by atoms with E-state index in [1.54, 1.807) is 0 Å². The first-order valence-electron chi connectivity index (χ1n) is 12.4. The molecule has 37 heavy (non-hydrogen) atoms. The van der Waals surface area contributed by atoms with E-state index in [0.717, 1.165) is 55.6 Å². The number of nitrogens with zero attached hydrogens (tertiary/aromatic N) is 2. The molecule has 3 heteroatoms. The van der Waals surface area contributed by atoms with Crippen molar-refractivity contribution < 1.29 is 4.42 Å². The monoisotopic (exact) mass is 474 g/mol. The predicted molar refractivity (Wildman–Crippen MR) is 151 cm³/mol. The van der Waals surface area contributed by atoms with Crippen LogP contribution in [0.25, 0.3) is 67.0 Å². The molecule has 0 aliphatic carbocycles. The van der Waals surface area contributed by atoms with Crippen molar-refractivity contribution in [1.82, 2.24) is 9.97 Å². The Morgan fingerprint density at radius 2 is 1.08 bits per heavy atom. The molecule has 0 spiro atoms. The van der Waals surface area contributed by atoms with Crippen LogP contribution in [0.1, 0.15) is 0 Å². The van der Waals surface area contributed by atoms with Crippen LogP contribution in [0.2, 0.25) is 0 Å². The van der Waals surface area contributed by atoms with E-state index in [1.165, 1.54) is 0 Å². The van der Waals surface area contributed by atoms with Gasteiger partial charge in [-0.3, -0.25) is 0 Å². The van der Waals surface area contributed by atoms with E-state index in [1.807, 2.05) is 36.4 Å². The minimum Gasteiger partial charge on any atom is -0.452 e. The molecule has 2 heterocycles. The molecule has 0 bridgehead atoms. The summed E-state index contributed by atoms with van der Waals surface area (Å²) in [6, 6.07) is 45.6. The summed E-state index contributed by atoms with van der Waals surface area (Å²) >= 11 is 0. The molecule has 0 fully saturated rings. The van der Waals surface area contributed by atoms with Crippen LogP contribution in [0.4, 0.5) is 0 Å². The van der Waals surface area contributed by atoms with Gasteiger partial charge in [-0.2, -0.15) is 0 Å². The third-order valence-corrected chi connectivity index (χ3v) is 6.72. The van der Waals surface area contributed by atoms with Crippen molar-refractivity contribution in [2.24, 2.45) is 0 Å². The number of rotatable bonds is 4. The van der Waals surface area contributed by atoms with E-state index < -0.39 is 0 Å². The van der Waals surface area contributed by atoms with Gasteiger partial charge >= 0.3 is 0 Å². The number of furan rings is 1. The van der Waals surface area contributed by atoms with Gasteiger partial charge in [0.05, 0.1) is 0 Å². The molecule has 0 saturated heterocycles. The summed E-state index contributed by atoms with van der Waals surface area (Å²) in [6.45, 7) is 0. The smallest absolute Gasteiger partial charge is 0.180 e. The molecule has 0 radical (unpaired) electrons. The minimum absolute atomic E-state index is 0.679. The first-order chi connectivity index (χ1) is 18.3. The van der Waals surface area contributed by atoms with E-state index >= 15 is 0 Å².